The van der Waals surface area contributed by atoms with Crippen molar-refractivity contribution in [1.29, 1.82) is 0 Å². The van der Waals surface area contributed by atoms with Gasteiger partial charge in [-0.25, -0.2) is 4.79 Å². The number of carbonyl (C=O) groups is 1. The highest BCUT2D eigenvalue weighted by atomic mass is 16.6. The molecule has 1 aliphatic carbocycles. The maximum atomic E-state index is 11.5. The van der Waals surface area contributed by atoms with E-state index in [0.717, 1.165) is 13.1 Å². The van der Waals surface area contributed by atoms with Gasteiger partial charge in [0, 0.05) is 12.6 Å². The number of amides is 1. The van der Waals surface area contributed by atoms with Crippen LogP contribution in [0, 0.1) is 5.92 Å². The Balaban J connectivity index is 1.73. The Morgan fingerprint density at radius 1 is 1.36 bits per heavy atom. The molecule has 4 heteroatoms. The Morgan fingerprint density at radius 3 is 2.86 bits per heavy atom. The molecule has 14 heavy (non-hydrogen) atoms. The van der Waals surface area contributed by atoms with Gasteiger partial charge >= 0.3 is 6.09 Å². The Morgan fingerprint density at radius 2 is 2.21 bits per heavy atom. The highest BCUT2D eigenvalue weighted by molar-refractivity contribution is 5.71. The van der Waals surface area contributed by atoms with E-state index in [0.29, 0.717) is 24.6 Å². The van der Waals surface area contributed by atoms with E-state index in [1.807, 2.05) is 4.90 Å². The third-order valence-corrected chi connectivity index (χ3v) is 3.53. The second-order valence-corrected chi connectivity index (χ2v) is 4.54. The lowest BCUT2D eigenvalue weighted by atomic mass is 9.99. The fourth-order valence-corrected chi connectivity index (χ4v) is 2.59. The second-order valence-electron chi connectivity index (χ2n) is 4.54. The molecule has 2 unspecified atom stereocenters. The Bertz CT molecular complexity index is 247. The van der Waals surface area contributed by atoms with E-state index in [1.165, 1.54) is 19.3 Å². The molecule has 0 spiro atoms. The van der Waals surface area contributed by atoms with Gasteiger partial charge in [-0.2, -0.15) is 0 Å². The molecule has 2 heterocycles. The molecule has 1 N–H and O–H groups in total. The third-order valence-electron chi connectivity index (χ3n) is 3.53. The first-order valence-corrected chi connectivity index (χ1v) is 5.52. The summed E-state index contributed by atoms with van der Waals surface area (Å²) in [7, 11) is 0. The van der Waals surface area contributed by atoms with Crippen molar-refractivity contribution in [1.82, 2.24) is 10.2 Å². The van der Waals surface area contributed by atoms with E-state index in [2.05, 4.69) is 5.32 Å². The number of rotatable bonds is 2. The van der Waals surface area contributed by atoms with Gasteiger partial charge in [0.1, 0.15) is 6.61 Å². The molecule has 2 saturated heterocycles. The lowest BCUT2D eigenvalue weighted by molar-refractivity contribution is 0.154. The van der Waals surface area contributed by atoms with Crippen LogP contribution >= 0.6 is 0 Å². The molecule has 0 aromatic rings. The van der Waals surface area contributed by atoms with Gasteiger partial charge in [0.05, 0.1) is 6.04 Å². The lowest BCUT2D eigenvalue weighted by Crippen LogP contribution is -2.41. The van der Waals surface area contributed by atoms with E-state index in [9.17, 15) is 4.79 Å². The Labute approximate surface area is 83.6 Å². The predicted octanol–water partition coefficient (Wildman–Crippen LogP) is 0.579. The molecule has 3 rings (SSSR count). The molecule has 2 aliphatic heterocycles. The molecule has 4 nitrogen and oxygen atoms in total. The number of carbonyl (C=O) groups excluding carboxylic acids is 1. The van der Waals surface area contributed by atoms with Crippen LogP contribution < -0.4 is 5.32 Å². The summed E-state index contributed by atoms with van der Waals surface area (Å²) in [6, 6.07) is 0.848. The van der Waals surface area contributed by atoms with Crippen LogP contribution in [-0.4, -0.2) is 42.8 Å². The minimum absolute atomic E-state index is 0.0793. The highest BCUT2D eigenvalue weighted by Crippen LogP contribution is 2.35. The number of nitrogens with one attached hydrogen (secondary N) is 1. The van der Waals surface area contributed by atoms with Gasteiger partial charge in [0.2, 0.25) is 0 Å². The fourth-order valence-electron chi connectivity index (χ4n) is 2.59. The van der Waals surface area contributed by atoms with Gasteiger partial charge in [-0.1, -0.05) is 0 Å². The molecular weight excluding hydrogens is 180 g/mol. The van der Waals surface area contributed by atoms with Crippen LogP contribution in [0.3, 0.4) is 0 Å². The van der Waals surface area contributed by atoms with Crippen molar-refractivity contribution in [2.75, 3.05) is 19.7 Å². The van der Waals surface area contributed by atoms with Gasteiger partial charge in [0.15, 0.2) is 0 Å². The quantitative estimate of drug-likeness (QED) is 0.702. The molecular formula is C10H16N2O2. The van der Waals surface area contributed by atoms with Crippen LogP contribution in [0.2, 0.25) is 0 Å². The largest absolute Gasteiger partial charge is 0.447 e. The average molecular weight is 196 g/mol. The van der Waals surface area contributed by atoms with Crippen LogP contribution in [0.4, 0.5) is 4.79 Å². The highest BCUT2D eigenvalue weighted by Gasteiger charge is 2.46. The fraction of sp³-hybridized carbons (Fsp3) is 0.900. The zero-order chi connectivity index (χ0) is 9.54. The number of hydrogen-bond acceptors (Lipinski definition) is 3. The first kappa shape index (κ1) is 8.53. The molecule has 0 aromatic carbocycles. The Kier molecular flexibility index (Phi) is 1.90. The lowest BCUT2D eigenvalue weighted by Gasteiger charge is -2.25. The summed E-state index contributed by atoms with van der Waals surface area (Å²) in [6.45, 7) is 2.75. The van der Waals surface area contributed by atoms with Crippen molar-refractivity contribution in [3.05, 3.63) is 0 Å². The molecule has 3 aliphatic rings. The topological polar surface area (TPSA) is 41.6 Å². The monoisotopic (exact) mass is 196 g/mol. The summed E-state index contributed by atoms with van der Waals surface area (Å²) in [6.07, 6.45) is 3.45. The summed E-state index contributed by atoms with van der Waals surface area (Å²) in [5, 5.41) is 3.35. The van der Waals surface area contributed by atoms with Crippen molar-refractivity contribution in [2.45, 2.75) is 31.3 Å². The molecule has 3 fully saturated rings. The minimum Gasteiger partial charge on any atom is -0.447 e. The maximum absolute atomic E-state index is 11.5. The molecule has 1 amide bonds. The molecule has 1 saturated carbocycles. The van der Waals surface area contributed by atoms with Crippen molar-refractivity contribution in [3.63, 3.8) is 0 Å². The zero-order valence-corrected chi connectivity index (χ0v) is 8.24. The van der Waals surface area contributed by atoms with Gasteiger partial charge in [-0.05, 0) is 31.7 Å². The van der Waals surface area contributed by atoms with Crippen molar-refractivity contribution < 1.29 is 9.53 Å². The molecule has 0 aromatic heterocycles. The first-order valence-electron chi connectivity index (χ1n) is 5.52. The summed E-state index contributed by atoms with van der Waals surface area (Å²) in [4.78, 5) is 13.5. The number of nitrogens with zero attached hydrogens (tertiary/aromatic N) is 1. The summed E-state index contributed by atoms with van der Waals surface area (Å²) >= 11 is 0. The van der Waals surface area contributed by atoms with Gasteiger partial charge < -0.3 is 10.1 Å². The van der Waals surface area contributed by atoms with E-state index in [1.54, 1.807) is 0 Å². The van der Waals surface area contributed by atoms with E-state index >= 15 is 0 Å². The number of hydrogen-bond donors (Lipinski definition) is 1. The standard InChI is InChI=1S/C10H16N2O2/c13-10-12(8-1-2-8)9(6-14-10)7-3-4-11-5-7/h7-9,11H,1-6H2. The van der Waals surface area contributed by atoms with Crippen molar-refractivity contribution in [3.8, 4) is 0 Å². The van der Waals surface area contributed by atoms with Crippen LogP contribution in [0.5, 0.6) is 0 Å². The first-order chi connectivity index (χ1) is 6.86. The normalized spacial score (nSPS) is 37.7. The van der Waals surface area contributed by atoms with Crippen LogP contribution in [-0.2, 0) is 4.74 Å². The summed E-state index contributed by atoms with van der Waals surface area (Å²) < 4.78 is 5.15. The Hall–Kier alpha value is -0.770. The van der Waals surface area contributed by atoms with Crippen molar-refractivity contribution >= 4 is 6.09 Å². The summed E-state index contributed by atoms with van der Waals surface area (Å²) in [5.41, 5.74) is 0. The maximum Gasteiger partial charge on any atom is 0.410 e. The zero-order valence-electron chi connectivity index (χ0n) is 8.24. The average Bonchev–Trinajstić information content (AvgIpc) is 2.75. The predicted molar refractivity (Wildman–Crippen MR) is 51.0 cm³/mol. The third kappa shape index (κ3) is 1.29. The van der Waals surface area contributed by atoms with Gasteiger partial charge in [-0.15, -0.1) is 0 Å². The van der Waals surface area contributed by atoms with Gasteiger partial charge in [-0.3, -0.25) is 4.90 Å². The molecule has 0 bridgehead atoms. The number of cyclic esters (lactones) is 1. The van der Waals surface area contributed by atoms with E-state index in [-0.39, 0.29) is 6.09 Å². The second kappa shape index (κ2) is 3.12. The van der Waals surface area contributed by atoms with Gasteiger partial charge in [0.25, 0.3) is 0 Å². The number of ether oxygens (including phenoxy) is 1. The van der Waals surface area contributed by atoms with E-state index in [4.69, 9.17) is 4.74 Å². The molecule has 78 valence electrons. The SMILES string of the molecule is O=C1OCC(C2CCNC2)N1C1CC1. The summed E-state index contributed by atoms with van der Waals surface area (Å²) in [5.74, 6) is 0.613. The van der Waals surface area contributed by atoms with Crippen molar-refractivity contribution in [2.24, 2.45) is 5.92 Å². The van der Waals surface area contributed by atoms with E-state index < -0.39 is 0 Å². The van der Waals surface area contributed by atoms with Crippen LogP contribution in [0.1, 0.15) is 19.3 Å². The smallest absolute Gasteiger partial charge is 0.410 e. The minimum atomic E-state index is -0.0793. The molecule has 2 atom stereocenters. The molecule has 0 radical (unpaired) electrons. The van der Waals surface area contributed by atoms with Crippen LogP contribution in [0.25, 0.3) is 0 Å². The van der Waals surface area contributed by atoms with Crippen LogP contribution in [0.15, 0.2) is 0 Å².